The molecule has 0 aliphatic rings. The molecule has 1 unspecified atom stereocenters. The summed E-state index contributed by atoms with van der Waals surface area (Å²) in [4.78, 5) is 4.40. The summed E-state index contributed by atoms with van der Waals surface area (Å²) in [5.41, 5.74) is 0.250. The van der Waals surface area contributed by atoms with E-state index in [4.69, 9.17) is 0 Å². The Morgan fingerprint density at radius 1 is 1.39 bits per heavy atom. The number of nitrogens with one attached hydrogen (secondary N) is 1. The number of hydrogen-bond donors (Lipinski definition) is 1. The van der Waals surface area contributed by atoms with Gasteiger partial charge in [0.2, 0.25) is 0 Å². The normalized spacial score (nSPS) is 13.8. The fraction of sp³-hybridized carbons (Fsp3) is 0.857. The third kappa shape index (κ3) is 4.77. The molecule has 1 aromatic rings. The van der Waals surface area contributed by atoms with Gasteiger partial charge in [0.05, 0.1) is 0 Å². The van der Waals surface area contributed by atoms with Crippen molar-refractivity contribution in [2.75, 3.05) is 6.54 Å². The van der Waals surface area contributed by atoms with Gasteiger partial charge in [0.15, 0.2) is 0 Å². The van der Waals surface area contributed by atoms with Gasteiger partial charge in [0, 0.05) is 19.0 Å². The van der Waals surface area contributed by atoms with Crippen molar-refractivity contribution in [3.8, 4) is 0 Å². The summed E-state index contributed by atoms with van der Waals surface area (Å²) in [6.45, 7) is 13.2. The molecule has 0 fully saturated rings. The van der Waals surface area contributed by atoms with Crippen molar-refractivity contribution in [2.24, 2.45) is 5.41 Å². The Balaban J connectivity index is 2.60. The highest BCUT2D eigenvalue weighted by Crippen LogP contribution is 2.26. The van der Waals surface area contributed by atoms with Crippen molar-refractivity contribution in [1.29, 1.82) is 0 Å². The number of rotatable bonds is 8. The Kier molecular flexibility index (Phi) is 5.79. The summed E-state index contributed by atoms with van der Waals surface area (Å²) in [7, 11) is 0. The van der Waals surface area contributed by atoms with E-state index in [2.05, 4.69) is 50.0 Å². The molecular formula is C14H28N4. The molecule has 0 bridgehead atoms. The Labute approximate surface area is 111 Å². The van der Waals surface area contributed by atoms with E-state index in [1.165, 1.54) is 0 Å². The zero-order valence-corrected chi connectivity index (χ0v) is 12.5. The van der Waals surface area contributed by atoms with Crippen LogP contribution in [0.25, 0.3) is 0 Å². The lowest BCUT2D eigenvalue weighted by Crippen LogP contribution is -2.32. The monoisotopic (exact) mass is 252 g/mol. The molecule has 18 heavy (non-hydrogen) atoms. The Morgan fingerprint density at radius 2 is 2.11 bits per heavy atom. The van der Waals surface area contributed by atoms with Crippen LogP contribution in [-0.2, 0) is 13.0 Å². The highest BCUT2D eigenvalue weighted by atomic mass is 15.3. The average molecular weight is 252 g/mol. The largest absolute Gasteiger partial charge is 0.315 e. The lowest BCUT2D eigenvalue weighted by atomic mass is 9.82. The first-order chi connectivity index (χ1) is 8.48. The van der Waals surface area contributed by atoms with Crippen molar-refractivity contribution in [3.63, 3.8) is 0 Å². The zero-order valence-electron chi connectivity index (χ0n) is 12.5. The van der Waals surface area contributed by atoms with Crippen LogP contribution in [-0.4, -0.2) is 27.4 Å². The molecule has 0 saturated heterocycles. The quantitative estimate of drug-likeness (QED) is 0.773. The fourth-order valence-electron chi connectivity index (χ4n) is 2.57. The minimum Gasteiger partial charge on any atom is -0.315 e. The number of hydrogen-bond acceptors (Lipinski definition) is 3. The molecule has 4 heteroatoms. The van der Waals surface area contributed by atoms with Crippen molar-refractivity contribution in [2.45, 2.75) is 66.5 Å². The molecular weight excluding hydrogens is 224 g/mol. The average Bonchev–Trinajstić information content (AvgIpc) is 2.65. The minimum absolute atomic E-state index is 0.250. The molecule has 1 atom stereocenters. The standard InChI is InChI=1S/C14H28N4/c1-6-8-18-13(16-11-17-18)10-14(4,5)9-12(3)15-7-2/h11-12,15H,6-10H2,1-5H3. The van der Waals surface area contributed by atoms with Gasteiger partial charge in [-0.3, -0.25) is 4.68 Å². The molecule has 0 amide bonds. The molecule has 0 saturated carbocycles. The van der Waals surface area contributed by atoms with Crippen LogP contribution in [0.5, 0.6) is 0 Å². The van der Waals surface area contributed by atoms with E-state index in [0.29, 0.717) is 6.04 Å². The molecule has 0 aliphatic carbocycles. The van der Waals surface area contributed by atoms with Gasteiger partial charge in [0.1, 0.15) is 12.2 Å². The van der Waals surface area contributed by atoms with Crippen molar-refractivity contribution < 1.29 is 0 Å². The van der Waals surface area contributed by atoms with Gasteiger partial charge in [0.25, 0.3) is 0 Å². The first-order valence-electron chi connectivity index (χ1n) is 7.08. The molecule has 1 N–H and O–H groups in total. The predicted molar refractivity (Wildman–Crippen MR) is 75.6 cm³/mol. The summed E-state index contributed by atoms with van der Waals surface area (Å²) in [5.74, 6) is 1.12. The molecule has 0 spiro atoms. The second-order valence-electron chi connectivity index (χ2n) is 5.90. The van der Waals surface area contributed by atoms with Gasteiger partial charge in [-0.05, 0) is 31.7 Å². The molecule has 0 radical (unpaired) electrons. The summed E-state index contributed by atoms with van der Waals surface area (Å²) < 4.78 is 2.04. The van der Waals surface area contributed by atoms with Crippen molar-refractivity contribution in [1.82, 2.24) is 20.1 Å². The maximum absolute atomic E-state index is 4.40. The fourth-order valence-corrected chi connectivity index (χ4v) is 2.57. The predicted octanol–water partition coefficient (Wildman–Crippen LogP) is 2.64. The number of nitrogens with zero attached hydrogens (tertiary/aromatic N) is 3. The first-order valence-corrected chi connectivity index (χ1v) is 7.08. The summed E-state index contributed by atoms with van der Waals surface area (Å²) in [5, 5.41) is 7.77. The van der Waals surface area contributed by atoms with Crippen molar-refractivity contribution in [3.05, 3.63) is 12.2 Å². The maximum Gasteiger partial charge on any atom is 0.138 e. The summed E-state index contributed by atoms with van der Waals surface area (Å²) in [6, 6.07) is 0.549. The topological polar surface area (TPSA) is 42.7 Å². The molecule has 1 rings (SSSR count). The third-order valence-corrected chi connectivity index (χ3v) is 3.18. The third-order valence-electron chi connectivity index (χ3n) is 3.18. The molecule has 0 aliphatic heterocycles. The lowest BCUT2D eigenvalue weighted by molar-refractivity contribution is 0.278. The van der Waals surface area contributed by atoms with Crippen LogP contribution in [0.1, 0.15) is 53.3 Å². The maximum atomic E-state index is 4.40. The number of aromatic nitrogens is 3. The molecule has 1 heterocycles. The summed E-state index contributed by atoms with van der Waals surface area (Å²) >= 11 is 0. The highest BCUT2D eigenvalue weighted by Gasteiger charge is 2.23. The van der Waals surface area contributed by atoms with Crippen LogP contribution in [0.4, 0.5) is 0 Å². The molecule has 4 nitrogen and oxygen atoms in total. The Morgan fingerprint density at radius 3 is 2.72 bits per heavy atom. The van der Waals surface area contributed by atoms with Gasteiger partial charge < -0.3 is 5.32 Å². The van der Waals surface area contributed by atoms with E-state index in [1.54, 1.807) is 6.33 Å². The van der Waals surface area contributed by atoms with Gasteiger partial charge >= 0.3 is 0 Å². The van der Waals surface area contributed by atoms with E-state index in [0.717, 1.165) is 38.2 Å². The highest BCUT2D eigenvalue weighted by molar-refractivity contribution is 4.92. The van der Waals surface area contributed by atoms with Crippen molar-refractivity contribution >= 4 is 0 Å². The van der Waals surface area contributed by atoms with E-state index in [1.807, 2.05) is 4.68 Å². The lowest BCUT2D eigenvalue weighted by Gasteiger charge is -2.28. The van der Waals surface area contributed by atoms with Crippen LogP contribution < -0.4 is 5.32 Å². The minimum atomic E-state index is 0.250. The summed E-state index contributed by atoms with van der Waals surface area (Å²) in [6.07, 6.45) is 4.92. The van der Waals surface area contributed by atoms with Crippen LogP contribution in [0.3, 0.4) is 0 Å². The SMILES string of the molecule is CCCn1ncnc1CC(C)(C)CC(C)NCC. The van der Waals surface area contributed by atoms with Gasteiger partial charge in [-0.15, -0.1) is 0 Å². The van der Waals surface area contributed by atoms with Gasteiger partial charge in [-0.1, -0.05) is 27.7 Å². The zero-order chi connectivity index (χ0) is 13.6. The molecule has 0 aromatic carbocycles. The first kappa shape index (κ1) is 15.2. The second-order valence-corrected chi connectivity index (χ2v) is 5.90. The van der Waals surface area contributed by atoms with E-state index in [9.17, 15) is 0 Å². The van der Waals surface area contributed by atoms with Crippen LogP contribution in [0.15, 0.2) is 6.33 Å². The van der Waals surface area contributed by atoms with E-state index >= 15 is 0 Å². The van der Waals surface area contributed by atoms with Crippen LogP contribution >= 0.6 is 0 Å². The number of aryl methyl sites for hydroxylation is 1. The Bertz CT molecular complexity index is 343. The van der Waals surface area contributed by atoms with Crippen LogP contribution in [0, 0.1) is 5.41 Å². The molecule has 1 aromatic heterocycles. The van der Waals surface area contributed by atoms with Gasteiger partial charge in [-0.2, -0.15) is 5.10 Å². The van der Waals surface area contributed by atoms with E-state index < -0.39 is 0 Å². The van der Waals surface area contributed by atoms with Crippen LogP contribution in [0.2, 0.25) is 0 Å². The second kappa shape index (κ2) is 6.88. The van der Waals surface area contributed by atoms with Gasteiger partial charge in [-0.25, -0.2) is 4.98 Å². The Hall–Kier alpha value is -0.900. The molecule has 104 valence electrons. The smallest absolute Gasteiger partial charge is 0.138 e. The van der Waals surface area contributed by atoms with E-state index in [-0.39, 0.29) is 5.41 Å².